The Morgan fingerprint density at radius 3 is 1.66 bits per heavy atom. The summed E-state index contributed by atoms with van der Waals surface area (Å²) in [6.45, 7) is 0. The van der Waals surface area contributed by atoms with Crippen LogP contribution in [0, 0.1) is 0 Å². The minimum absolute atomic E-state index is 0.809. The molecule has 41 heavy (non-hydrogen) atoms. The maximum absolute atomic E-state index is 6.57. The summed E-state index contributed by atoms with van der Waals surface area (Å²) >= 11 is 0. The zero-order valence-corrected chi connectivity index (χ0v) is 22.9. The topological polar surface area (TPSA) is 26.0 Å². The number of hydrogen-bond donors (Lipinski definition) is 1. The van der Waals surface area contributed by atoms with Gasteiger partial charge in [0.1, 0.15) is 0 Å². The lowest BCUT2D eigenvalue weighted by Crippen LogP contribution is -1.97. The molecule has 0 atom stereocenters. The van der Waals surface area contributed by atoms with Gasteiger partial charge in [-0.25, -0.2) is 0 Å². The van der Waals surface area contributed by atoms with Crippen molar-refractivity contribution in [2.45, 2.75) is 12.8 Å². The normalized spacial score (nSPS) is 12.1. The van der Waals surface area contributed by atoms with Gasteiger partial charge in [-0.2, -0.15) is 0 Å². The highest BCUT2D eigenvalue weighted by molar-refractivity contribution is 5.82. The third-order valence-corrected chi connectivity index (χ3v) is 8.11. The summed E-state index contributed by atoms with van der Waals surface area (Å²) in [4.78, 5) is 0. The Hall–Kier alpha value is -5.14. The first kappa shape index (κ1) is 24.9. The third-order valence-electron chi connectivity index (χ3n) is 8.11. The van der Waals surface area contributed by atoms with Crippen molar-refractivity contribution >= 4 is 5.70 Å². The standard InChI is InChI=1S/C40H31N/c41-40(22-16-28-15-21-39-37(23-28)24-33-13-7-8-14-38(33)39)32-19-17-31(18-20-32)36-26-34(29-9-3-1-4-10-29)25-35(27-36)30-11-5-2-6-12-30/h1-15,17-23,25-27H,16,24,41H2/b40-22-. The van der Waals surface area contributed by atoms with Crippen LogP contribution in [0.5, 0.6) is 0 Å². The fourth-order valence-electron chi connectivity index (χ4n) is 5.92. The second-order valence-corrected chi connectivity index (χ2v) is 10.8. The van der Waals surface area contributed by atoms with E-state index >= 15 is 0 Å². The van der Waals surface area contributed by atoms with Gasteiger partial charge in [-0.05, 0) is 97.8 Å². The molecule has 6 aromatic rings. The molecule has 196 valence electrons. The highest BCUT2D eigenvalue weighted by atomic mass is 14.6. The predicted octanol–water partition coefficient (Wildman–Crippen LogP) is 9.80. The average molecular weight is 526 g/mol. The highest BCUT2D eigenvalue weighted by Gasteiger charge is 2.17. The van der Waals surface area contributed by atoms with E-state index in [2.05, 4.69) is 152 Å². The van der Waals surface area contributed by atoms with Crippen molar-refractivity contribution in [3.05, 3.63) is 174 Å². The molecule has 0 unspecified atom stereocenters. The molecular formula is C40H31N. The fraction of sp³-hybridized carbons (Fsp3) is 0.0500. The number of benzene rings is 6. The van der Waals surface area contributed by atoms with E-state index < -0.39 is 0 Å². The first-order valence-corrected chi connectivity index (χ1v) is 14.2. The molecule has 1 aliphatic rings. The number of hydrogen-bond acceptors (Lipinski definition) is 1. The van der Waals surface area contributed by atoms with Crippen LogP contribution in [0.3, 0.4) is 0 Å². The predicted molar refractivity (Wildman–Crippen MR) is 173 cm³/mol. The Balaban J connectivity index is 1.14. The molecule has 2 N–H and O–H groups in total. The number of allylic oxidation sites excluding steroid dienone is 1. The average Bonchev–Trinajstić information content (AvgIpc) is 3.42. The van der Waals surface area contributed by atoms with Crippen LogP contribution in [-0.2, 0) is 12.8 Å². The Morgan fingerprint density at radius 2 is 1.02 bits per heavy atom. The summed E-state index contributed by atoms with van der Waals surface area (Å²) in [7, 11) is 0. The summed E-state index contributed by atoms with van der Waals surface area (Å²) < 4.78 is 0. The smallest absolute Gasteiger partial charge is 0.0350 e. The molecule has 0 saturated carbocycles. The summed E-state index contributed by atoms with van der Waals surface area (Å²) in [5.74, 6) is 0. The van der Waals surface area contributed by atoms with Crippen molar-refractivity contribution in [1.29, 1.82) is 0 Å². The van der Waals surface area contributed by atoms with E-state index in [4.69, 9.17) is 5.73 Å². The second-order valence-electron chi connectivity index (χ2n) is 10.8. The van der Waals surface area contributed by atoms with Gasteiger partial charge in [-0.1, -0.05) is 133 Å². The fourth-order valence-corrected chi connectivity index (χ4v) is 5.92. The van der Waals surface area contributed by atoms with Crippen LogP contribution in [0.15, 0.2) is 152 Å². The highest BCUT2D eigenvalue weighted by Crippen LogP contribution is 2.37. The molecule has 7 rings (SSSR count). The van der Waals surface area contributed by atoms with Crippen LogP contribution in [0.25, 0.3) is 50.2 Å². The van der Waals surface area contributed by atoms with Crippen LogP contribution in [-0.4, -0.2) is 0 Å². The molecular weight excluding hydrogens is 494 g/mol. The zero-order valence-electron chi connectivity index (χ0n) is 22.9. The van der Waals surface area contributed by atoms with E-state index in [0.717, 1.165) is 24.1 Å². The first-order valence-electron chi connectivity index (χ1n) is 14.2. The lowest BCUT2D eigenvalue weighted by molar-refractivity contribution is 1.21. The van der Waals surface area contributed by atoms with Crippen molar-refractivity contribution in [1.82, 2.24) is 0 Å². The molecule has 1 aliphatic carbocycles. The molecule has 6 aromatic carbocycles. The van der Waals surface area contributed by atoms with Gasteiger partial charge in [0.2, 0.25) is 0 Å². The molecule has 0 amide bonds. The van der Waals surface area contributed by atoms with Gasteiger partial charge in [-0.3, -0.25) is 0 Å². The van der Waals surface area contributed by atoms with Crippen LogP contribution in [0.4, 0.5) is 0 Å². The molecule has 0 saturated heterocycles. The summed E-state index contributed by atoms with van der Waals surface area (Å²) in [5, 5.41) is 0. The molecule has 0 bridgehead atoms. The lowest BCUT2D eigenvalue weighted by Gasteiger charge is -2.12. The van der Waals surface area contributed by atoms with Crippen LogP contribution >= 0.6 is 0 Å². The van der Waals surface area contributed by atoms with Crippen LogP contribution in [0.1, 0.15) is 22.3 Å². The molecule has 0 heterocycles. The van der Waals surface area contributed by atoms with Crippen LogP contribution in [0.2, 0.25) is 0 Å². The third kappa shape index (κ3) is 5.11. The Morgan fingerprint density at radius 1 is 0.488 bits per heavy atom. The van der Waals surface area contributed by atoms with E-state index in [1.807, 2.05) is 0 Å². The van der Waals surface area contributed by atoms with Crippen molar-refractivity contribution < 1.29 is 0 Å². The largest absolute Gasteiger partial charge is 0.398 e. The van der Waals surface area contributed by atoms with Crippen molar-refractivity contribution in [2.24, 2.45) is 5.73 Å². The second kappa shape index (κ2) is 10.8. The van der Waals surface area contributed by atoms with Gasteiger partial charge in [0.05, 0.1) is 0 Å². The maximum atomic E-state index is 6.57. The summed E-state index contributed by atoms with van der Waals surface area (Å²) in [5.41, 5.74) is 22.5. The monoisotopic (exact) mass is 525 g/mol. The van der Waals surface area contributed by atoms with E-state index in [1.54, 1.807) is 0 Å². The minimum atomic E-state index is 0.809. The number of fused-ring (bicyclic) bond motifs is 3. The van der Waals surface area contributed by atoms with E-state index in [0.29, 0.717) is 0 Å². The Kier molecular flexibility index (Phi) is 6.55. The molecule has 0 radical (unpaired) electrons. The van der Waals surface area contributed by atoms with Gasteiger partial charge >= 0.3 is 0 Å². The van der Waals surface area contributed by atoms with Gasteiger partial charge in [-0.15, -0.1) is 0 Å². The molecule has 1 nitrogen and oxygen atoms in total. The van der Waals surface area contributed by atoms with E-state index in [1.165, 1.54) is 61.2 Å². The lowest BCUT2D eigenvalue weighted by atomic mass is 9.93. The summed E-state index contributed by atoms with van der Waals surface area (Å²) in [6.07, 6.45) is 3.97. The van der Waals surface area contributed by atoms with Gasteiger partial charge in [0.25, 0.3) is 0 Å². The molecule has 1 heteroatoms. The number of rotatable bonds is 6. The first-order chi connectivity index (χ1) is 20.2. The molecule has 0 aromatic heterocycles. The number of nitrogens with two attached hydrogens (primary N) is 1. The molecule has 0 spiro atoms. The zero-order chi connectivity index (χ0) is 27.6. The molecule has 0 fully saturated rings. The summed E-state index contributed by atoms with van der Waals surface area (Å²) in [6, 6.07) is 52.2. The Labute approximate surface area is 242 Å². The maximum Gasteiger partial charge on any atom is 0.0350 e. The van der Waals surface area contributed by atoms with E-state index in [9.17, 15) is 0 Å². The van der Waals surface area contributed by atoms with Crippen molar-refractivity contribution in [3.8, 4) is 44.5 Å². The van der Waals surface area contributed by atoms with Gasteiger partial charge in [0.15, 0.2) is 0 Å². The quantitative estimate of drug-likeness (QED) is 0.230. The van der Waals surface area contributed by atoms with Crippen molar-refractivity contribution in [2.75, 3.05) is 0 Å². The van der Waals surface area contributed by atoms with Crippen LogP contribution < -0.4 is 5.73 Å². The SMILES string of the molecule is N/C(=C\Cc1ccc2c(c1)Cc1ccccc1-2)c1ccc(-c2cc(-c3ccccc3)cc(-c3ccccc3)c2)cc1. The van der Waals surface area contributed by atoms with Gasteiger partial charge in [0, 0.05) is 5.70 Å². The minimum Gasteiger partial charge on any atom is -0.398 e. The van der Waals surface area contributed by atoms with Gasteiger partial charge < -0.3 is 5.73 Å². The Bertz CT molecular complexity index is 1810. The van der Waals surface area contributed by atoms with E-state index in [-0.39, 0.29) is 0 Å². The molecule has 0 aliphatic heterocycles. The van der Waals surface area contributed by atoms with Crippen molar-refractivity contribution in [3.63, 3.8) is 0 Å².